The summed E-state index contributed by atoms with van der Waals surface area (Å²) in [7, 11) is 0. The number of furan rings is 1. The molecule has 0 aliphatic carbocycles. The number of amides is 1. The Labute approximate surface area is 163 Å². The van der Waals surface area contributed by atoms with Gasteiger partial charge in [-0.05, 0) is 48.9 Å². The number of carbonyl (C=O) groups excluding carboxylic acids is 1. The fraction of sp³-hybridized carbons (Fsp3) is 0.0526. The van der Waals surface area contributed by atoms with Crippen LogP contribution in [0.5, 0.6) is 5.75 Å². The van der Waals surface area contributed by atoms with Crippen LogP contribution in [-0.2, 0) is 0 Å². The fourth-order valence-corrected chi connectivity index (χ4v) is 2.77. The fourth-order valence-electron chi connectivity index (χ4n) is 2.23. The minimum Gasteiger partial charge on any atom is -0.507 e. The molecule has 0 saturated carbocycles. The van der Waals surface area contributed by atoms with Crippen LogP contribution in [-0.4, -0.2) is 17.2 Å². The molecule has 2 N–H and O–H groups in total. The number of aromatic hydroxyl groups is 1. The maximum absolute atomic E-state index is 12.1. The van der Waals surface area contributed by atoms with Crippen molar-refractivity contribution in [1.29, 1.82) is 0 Å². The van der Waals surface area contributed by atoms with Crippen molar-refractivity contribution in [2.45, 2.75) is 6.92 Å². The number of halogens is 2. The van der Waals surface area contributed by atoms with Crippen LogP contribution in [0.3, 0.4) is 0 Å². The highest BCUT2D eigenvalue weighted by atomic mass is 79.9. The van der Waals surface area contributed by atoms with Crippen LogP contribution in [0.25, 0.3) is 11.3 Å². The molecule has 3 aromatic rings. The first kappa shape index (κ1) is 18.2. The van der Waals surface area contributed by atoms with Crippen molar-refractivity contribution < 1.29 is 14.3 Å². The van der Waals surface area contributed by atoms with Crippen LogP contribution in [0.2, 0.25) is 5.02 Å². The van der Waals surface area contributed by atoms with Gasteiger partial charge in [-0.1, -0.05) is 39.7 Å². The first-order valence-electron chi connectivity index (χ1n) is 7.62. The predicted octanol–water partition coefficient (Wildman–Crippen LogP) is 5.14. The molecule has 0 radical (unpaired) electrons. The van der Waals surface area contributed by atoms with Gasteiger partial charge in [-0.15, -0.1) is 0 Å². The van der Waals surface area contributed by atoms with Gasteiger partial charge in [0.15, 0.2) is 0 Å². The van der Waals surface area contributed by atoms with Crippen molar-refractivity contribution in [3.05, 3.63) is 74.9 Å². The van der Waals surface area contributed by atoms with Gasteiger partial charge in [-0.3, -0.25) is 4.79 Å². The third kappa shape index (κ3) is 4.15. The SMILES string of the molecule is Cc1ccc(-c2ccc(/C=N\NC(=O)c3cc(Br)ccc3O)o2)cc1Cl. The molecule has 1 amide bonds. The zero-order chi connectivity index (χ0) is 18.7. The van der Waals surface area contributed by atoms with Crippen LogP contribution in [0, 0.1) is 6.92 Å². The Balaban J connectivity index is 1.70. The van der Waals surface area contributed by atoms with Gasteiger partial charge in [0.2, 0.25) is 0 Å². The van der Waals surface area contributed by atoms with Crippen molar-refractivity contribution in [1.82, 2.24) is 5.43 Å². The monoisotopic (exact) mass is 432 g/mol. The first-order chi connectivity index (χ1) is 12.4. The molecule has 0 spiro atoms. The highest BCUT2D eigenvalue weighted by Crippen LogP contribution is 2.26. The van der Waals surface area contributed by atoms with Crippen LogP contribution in [0.1, 0.15) is 21.7 Å². The Kier molecular flexibility index (Phi) is 5.44. The molecule has 1 aromatic heterocycles. The number of hydrogen-bond acceptors (Lipinski definition) is 4. The van der Waals surface area contributed by atoms with E-state index >= 15 is 0 Å². The Hall–Kier alpha value is -2.57. The lowest BCUT2D eigenvalue weighted by molar-refractivity contribution is 0.0952. The van der Waals surface area contributed by atoms with E-state index in [1.165, 1.54) is 18.3 Å². The molecule has 0 atom stereocenters. The topological polar surface area (TPSA) is 74.8 Å². The summed E-state index contributed by atoms with van der Waals surface area (Å²) in [6.45, 7) is 1.93. The zero-order valence-electron chi connectivity index (χ0n) is 13.7. The summed E-state index contributed by atoms with van der Waals surface area (Å²) in [6.07, 6.45) is 1.38. The normalized spacial score (nSPS) is 11.0. The number of carbonyl (C=O) groups is 1. The average Bonchev–Trinajstić information content (AvgIpc) is 3.08. The molecule has 132 valence electrons. The van der Waals surface area contributed by atoms with E-state index in [2.05, 4.69) is 26.5 Å². The molecule has 5 nitrogen and oxygen atoms in total. The summed E-state index contributed by atoms with van der Waals surface area (Å²) in [5.74, 6) is 0.453. The quantitative estimate of drug-likeness (QED) is 0.442. The van der Waals surface area contributed by atoms with Gasteiger partial charge >= 0.3 is 0 Å². The molecule has 0 aliphatic rings. The smallest absolute Gasteiger partial charge is 0.275 e. The summed E-state index contributed by atoms with van der Waals surface area (Å²) in [5, 5.41) is 14.2. The Bertz CT molecular complexity index is 998. The number of aryl methyl sites for hydroxylation is 1. The molecule has 26 heavy (non-hydrogen) atoms. The number of phenols is 1. The predicted molar refractivity (Wildman–Crippen MR) is 105 cm³/mol. The van der Waals surface area contributed by atoms with E-state index < -0.39 is 5.91 Å². The van der Waals surface area contributed by atoms with Gasteiger partial charge in [0, 0.05) is 15.1 Å². The molecule has 0 bridgehead atoms. The maximum Gasteiger partial charge on any atom is 0.275 e. The van der Waals surface area contributed by atoms with Crippen molar-refractivity contribution in [2.24, 2.45) is 5.10 Å². The van der Waals surface area contributed by atoms with E-state index in [0.717, 1.165) is 11.1 Å². The van der Waals surface area contributed by atoms with Crippen LogP contribution in [0.4, 0.5) is 0 Å². The van der Waals surface area contributed by atoms with Crippen molar-refractivity contribution in [3.8, 4) is 17.1 Å². The van der Waals surface area contributed by atoms with Gasteiger partial charge in [-0.25, -0.2) is 5.43 Å². The highest BCUT2D eigenvalue weighted by molar-refractivity contribution is 9.10. The molecule has 2 aromatic carbocycles. The van der Waals surface area contributed by atoms with Crippen molar-refractivity contribution in [2.75, 3.05) is 0 Å². The molecule has 3 rings (SSSR count). The van der Waals surface area contributed by atoms with E-state index in [1.54, 1.807) is 18.2 Å². The van der Waals surface area contributed by atoms with Crippen LogP contribution < -0.4 is 5.43 Å². The number of phenolic OH excluding ortho intramolecular Hbond substituents is 1. The van der Waals surface area contributed by atoms with E-state index in [1.807, 2.05) is 25.1 Å². The second-order valence-electron chi connectivity index (χ2n) is 5.53. The van der Waals surface area contributed by atoms with Crippen molar-refractivity contribution in [3.63, 3.8) is 0 Å². The highest BCUT2D eigenvalue weighted by Gasteiger charge is 2.11. The standard InChI is InChI=1S/C19H14BrClN2O3/c1-11-2-3-12(8-16(11)21)18-7-5-14(26-18)10-22-23-19(25)15-9-13(20)4-6-17(15)24/h2-10,24H,1H3,(H,23,25)/b22-10-. The molecular formula is C19H14BrClN2O3. The van der Waals surface area contributed by atoms with Gasteiger partial charge in [0.05, 0.1) is 11.8 Å². The lowest BCUT2D eigenvalue weighted by Gasteiger charge is -2.03. The summed E-state index contributed by atoms with van der Waals surface area (Å²) in [6, 6.07) is 13.8. The number of benzene rings is 2. The Morgan fingerprint density at radius 3 is 2.81 bits per heavy atom. The van der Waals surface area contributed by atoms with Gasteiger partial charge in [0.1, 0.15) is 17.3 Å². The number of hydrogen-bond donors (Lipinski definition) is 2. The molecule has 0 unspecified atom stereocenters. The number of nitrogens with zero attached hydrogens (tertiary/aromatic N) is 1. The summed E-state index contributed by atoms with van der Waals surface area (Å²) in [4.78, 5) is 12.1. The summed E-state index contributed by atoms with van der Waals surface area (Å²) < 4.78 is 6.36. The van der Waals surface area contributed by atoms with Crippen LogP contribution in [0.15, 0.2) is 62.5 Å². The molecule has 0 aliphatic heterocycles. The lowest BCUT2D eigenvalue weighted by atomic mass is 10.1. The van der Waals surface area contributed by atoms with E-state index in [-0.39, 0.29) is 11.3 Å². The van der Waals surface area contributed by atoms with Gasteiger partial charge in [0.25, 0.3) is 5.91 Å². The van der Waals surface area contributed by atoms with Crippen LogP contribution >= 0.6 is 27.5 Å². The van der Waals surface area contributed by atoms with E-state index in [0.29, 0.717) is 21.0 Å². The lowest BCUT2D eigenvalue weighted by Crippen LogP contribution is -2.17. The summed E-state index contributed by atoms with van der Waals surface area (Å²) >= 11 is 9.38. The second-order valence-corrected chi connectivity index (χ2v) is 6.85. The van der Waals surface area contributed by atoms with Gasteiger partial charge in [-0.2, -0.15) is 5.10 Å². The molecule has 1 heterocycles. The second kappa shape index (κ2) is 7.76. The number of rotatable bonds is 4. The number of hydrazone groups is 1. The van der Waals surface area contributed by atoms with E-state index in [4.69, 9.17) is 16.0 Å². The Morgan fingerprint density at radius 2 is 2.04 bits per heavy atom. The first-order valence-corrected chi connectivity index (χ1v) is 8.79. The largest absolute Gasteiger partial charge is 0.507 e. The molecule has 0 saturated heterocycles. The zero-order valence-corrected chi connectivity index (χ0v) is 16.0. The third-order valence-electron chi connectivity index (χ3n) is 3.64. The average molecular weight is 434 g/mol. The Morgan fingerprint density at radius 1 is 1.23 bits per heavy atom. The molecular weight excluding hydrogens is 420 g/mol. The molecule has 7 heteroatoms. The van der Waals surface area contributed by atoms with Gasteiger partial charge < -0.3 is 9.52 Å². The van der Waals surface area contributed by atoms with E-state index in [9.17, 15) is 9.90 Å². The minimum absolute atomic E-state index is 0.117. The minimum atomic E-state index is -0.530. The summed E-state index contributed by atoms with van der Waals surface area (Å²) in [5.41, 5.74) is 4.30. The third-order valence-corrected chi connectivity index (χ3v) is 4.54. The molecule has 0 fully saturated rings. The maximum atomic E-state index is 12.1. The van der Waals surface area contributed by atoms with Crippen molar-refractivity contribution >= 4 is 39.7 Å². The number of nitrogens with one attached hydrogen (secondary N) is 1.